The minimum Gasteiger partial charge on any atom is -0.378 e. The molecule has 1 aromatic heterocycles. The number of rotatable bonds is 7. The molecule has 0 spiro atoms. The van der Waals surface area contributed by atoms with E-state index in [9.17, 15) is 13.2 Å². The Morgan fingerprint density at radius 1 is 1.12 bits per heavy atom. The number of benzene rings is 2. The van der Waals surface area contributed by atoms with E-state index in [0.717, 1.165) is 28.7 Å². The number of nitrogens with zero attached hydrogens (tertiary/aromatic N) is 3. The van der Waals surface area contributed by atoms with E-state index in [-0.39, 0.29) is 23.3 Å². The fraction of sp³-hybridized carbons (Fsp3) is 0.400. The summed E-state index contributed by atoms with van der Waals surface area (Å²) < 4.78 is 30.2. The summed E-state index contributed by atoms with van der Waals surface area (Å²) in [7, 11) is 0.312. The van der Waals surface area contributed by atoms with Crippen LogP contribution in [0.2, 0.25) is 0 Å². The fourth-order valence-electron chi connectivity index (χ4n) is 4.38. The highest BCUT2D eigenvalue weighted by molar-refractivity contribution is 7.89. The Balaban J connectivity index is 1.42. The summed E-state index contributed by atoms with van der Waals surface area (Å²) in [5.41, 5.74) is 3.13. The van der Waals surface area contributed by atoms with Gasteiger partial charge in [0.15, 0.2) is 0 Å². The van der Waals surface area contributed by atoms with Gasteiger partial charge in [-0.05, 0) is 61.7 Å². The average Bonchev–Trinajstić information content (AvgIpc) is 3.25. The Bertz CT molecular complexity index is 1230. The second kappa shape index (κ2) is 9.57. The number of aryl methyl sites for hydroxylation is 1. The van der Waals surface area contributed by atoms with Crippen molar-refractivity contribution < 1.29 is 13.2 Å². The first-order chi connectivity index (χ1) is 15.8. The van der Waals surface area contributed by atoms with Crippen LogP contribution in [-0.4, -0.2) is 50.4 Å². The molecular weight excluding hydrogens is 436 g/mol. The Morgan fingerprint density at radius 2 is 1.88 bits per heavy atom. The molecule has 0 unspecified atom stereocenters. The predicted octanol–water partition coefficient (Wildman–Crippen LogP) is 3.44. The molecule has 176 valence electrons. The van der Waals surface area contributed by atoms with Gasteiger partial charge in [-0.2, -0.15) is 4.31 Å². The Labute approximate surface area is 196 Å². The normalized spacial score (nSPS) is 17.2. The van der Waals surface area contributed by atoms with Crippen LogP contribution in [0.4, 0.5) is 5.69 Å². The highest BCUT2D eigenvalue weighted by Gasteiger charge is 2.33. The molecule has 1 fully saturated rings. The fourth-order valence-corrected chi connectivity index (χ4v) is 5.94. The molecule has 4 rings (SSSR count). The lowest BCUT2D eigenvalue weighted by molar-refractivity contribution is -0.126. The minimum atomic E-state index is -3.66. The Kier molecular flexibility index (Phi) is 6.76. The van der Waals surface area contributed by atoms with Crippen molar-refractivity contribution in [3.63, 3.8) is 0 Å². The van der Waals surface area contributed by atoms with Gasteiger partial charge in [-0.15, -0.1) is 0 Å². The molecule has 7 nitrogen and oxygen atoms in total. The van der Waals surface area contributed by atoms with E-state index in [1.807, 2.05) is 61.6 Å². The standard InChI is InChI=1S/C25H32N4O3S/c1-4-28-15-13-20-16-23(11-12-24(20)28)33(31,32)29-14-5-6-21(18-29)25(30)26-17-19-7-9-22(10-8-19)27(2)3/h7-13,15-16,21H,4-6,14,17-18H2,1-3H3,(H,26,30)/t21-/m1/s1. The monoisotopic (exact) mass is 468 g/mol. The summed E-state index contributed by atoms with van der Waals surface area (Å²) >= 11 is 0. The molecule has 0 saturated carbocycles. The van der Waals surface area contributed by atoms with E-state index in [2.05, 4.69) is 16.8 Å². The molecule has 0 aliphatic carbocycles. The van der Waals surface area contributed by atoms with Gasteiger partial charge in [-0.25, -0.2) is 8.42 Å². The van der Waals surface area contributed by atoms with Crippen LogP contribution in [0.1, 0.15) is 25.3 Å². The van der Waals surface area contributed by atoms with Crippen molar-refractivity contribution >= 4 is 32.5 Å². The van der Waals surface area contributed by atoms with Crippen LogP contribution in [0.25, 0.3) is 10.9 Å². The van der Waals surface area contributed by atoms with Gasteiger partial charge >= 0.3 is 0 Å². The first-order valence-electron chi connectivity index (χ1n) is 11.4. The minimum absolute atomic E-state index is 0.0953. The number of anilines is 1. The van der Waals surface area contributed by atoms with Crippen molar-refractivity contribution in [2.45, 2.75) is 37.8 Å². The zero-order valence-electron chi connectivity index (χ0n) is 19.5. The molecule has 1 N–H and O–H groups in total. The van der Waals surface area contributed by atoms with Crippen LogP contribution in [-0.2, 0) is 27.9 Å². The van der Waals surface area contributed by atoms with Gasteiger partial charge in [0, 0.05) is 63.1 Å². The molecule has 1 aliphatic rings. The second-order valence-electron chi connectivity index (χ2n) is 8.80. The van der Waals surface area contributed by atoms with Crippen molar-refractivity contribution in [3.05, 3.63) is 60.3 Å². The lowest BCUT2D eigenvalue weighted by Gasteiger charge is -2.31. The number of hydrogen-bond donors (Lipinski definition) is 1. The Hall–Kier alpha value is -2.84. The molecule has 2 aromatic carbocycles. The molecule has 1 amide bonds. The highest BCUT2D eigenvalue weighted by atomic mass is 32.2. The number of carbonyl (C=O) groups excluding carboxylic acids is 1. The summed E-state index contributed by atoms with van der Waals surface area (Å²) in [6.07, 6.45) is 3.33. The second-order valence-corrected chi connectivity index (χ2v) is 10.7. The van der Waals surface area contributed by atoms with Crippen molar-refractivity contribution in [1.82, 2.24) is 14.2 Å². The van der Waals surface area contributed by atoms with E-state index in [1.54, 1.807) is 12.1 Å². The molecular formula is C25H32N4O3S. The molecule has 8 heteroatoms. The number of hydrogen-bond acceptors (Lipinski definition) is 4. The summed E-state index contributed by atoms with van der Waals surface area (Å²) in [6, 6.07) is 15.2. The maximum absolute atomic E-state index is 13.3. The third-order valence-electron chi connectivity index (χ3n) is 6.40. The van der Waals surface area contributed by atoms with Crippen molar-refractivity contribution in [2.75, 3.05) is 32.1 Å². The van der Waals surface area contributed by atoms with E-state index in [4.69, 9.17) is 0 Å². The maximum atomic E-state index is 13.3. The smallest absolute Gasteiger partial charge is 0.243 e. The lowest BCUT2D eigenvalue weighted by Crippen LogP contribution is -2.45. The summed E-state index contributed by atoms with van der Waals surface area (Å²) in [4.78, 5) is 15.1. The molecule has 2 heterocycles. The molecule has 3 aromatic rings. The quantitative estimate of drug-likeness (QED) is 0.576. The van der Waals surface area contributed by atoms with E-state index < -0.39 is 10.0 Å². The Morgan fingerprint density at radius 3 is 2.58 bits per heavy atom. The number of sulfonamides is 1. The molecule has 1 atom stereocenters. The zero-order valence-corrected chi connectivity index (χ0v) is 20.3. The predicted molar refractivity (Wildman–Crippen MR) is 132 cm³/mol. The first-order valence-corrected chi connectivity index (χ1v) is 12.9. The van der Waals surface area contributed by atoms with Gasteiger partial charge < -0.3 is 14.8 Å². The third-order valence-corrected chi connectivity index (χ3v) is 8.26. The van der Waals surface area contributed by atoms with Crippen molar-refractivity contribution in [1.29, 1.82) is 0 Å². The molecule has 0 radical (unpaired) electrons. The third kappa shape index (κ3) is 4.91. The topological polar surface area (TPSA) is 74.6 Å². The van der Waals surface area contributed by atoms with E-state index >= 15 is 0 Å². The van der Waals surface area contributed by atoms with Crippen LogP contribution < -0.4 is 10.2 Å². The van der Waals surface area contributed by atoms with Gasteiger partial charge in [-0.1, -0.05) is 12.1 Å². The van der Waals surface area contributed by atoms with Crippen LogP contribution in [0, 0.1) is 5.92 Å². The van der Waals surface area contributed by atoms with Crippen molar-refractivity contribution in [2.24, 2.45) is 5.92 Å². The molecule has 33 heavy (non-hydrogen) atoms. The van der Waals surface area contributed by atoms with Gasteiger partial charge in [-0.3, -0.25) is 4.79 Å². The van der Waals surface area contributed by atoms with E-state index in [1.165, 1.54) is 4.31 Å². The number of piperidine rings is 1. The van der Waals surface area contributed by atoms with Crippen molar-refractivity contribution in [3.8, 4) is 0 Å². The summed E-state index contributed by atoms with van der Waals surface area (Å²) in [6.45, 7) is 3.97. The van der Waals surface area contributed by atoms with E-state index in [0.29, 0.717) is 25.9 Å². The van der Waals surface area contributed by atoms with Gasteiger partial charge in [0.1, 0.15) is 0 Å². The van der Waals surface area contributed by atoms with Crippen LogP contribution in [0.15, 0.2) is 59.6 Å². The van der Waals surface area contributed by atoms with Crippen LogP contribution in [0.3, 0.4) is 0 Å². The highest BCUT2D eigenvalue weighted by Crippen LogP contribution is 2.27. The first kappa shape index (κ1) is 23.3. The van der Waals surface area contributed by atoms with Gasteiger partial charge in [0.25, 0.3) is 0 Å². The lowest BCUT2D eigenvalue weighted by atomic mass is 9.99. The number of carbonyl (C=O) groups is 1. The molecule has 0 bridgehead atoms. The number of nitrogens with one attached hydrogen (secondary N) is 1. The molecule has 1 aliphatic heterocycles. The zero-order chi connectivity index (χ0) is 23.6. The number of fused-ring (bicyclic) bond motifs is 1. The van der Waals surface area contributed by atoms with Gasteiger partial charge in [0.2, 0.25) is 15.9 Å². The summed E-state index contributed by atoms with van der Waals surface area (Å²) in [5.74, 6) is -0.443. The summed E-state index contributed by atoms with van der Waals surface area (Å²) in [5, 5.41) is 3.89. The largest absolute Gasteiger partial charge is 0.378 e. The maximum Gasteiger partial charge on any atom is 0.243 e. The molecule has 1 saturated heterocycles. The number of aromatic nitrogens is 1. The number of amides is 1. The van der Waals surface area contributed by atoms with Gasteiger partial charge in [0.05, 0.1) is 10.8 Å². The SMILES string of the molecule is CCn1ccc2cc(S(=O)(=O)N3CCC[C@@H](C(=O)NCc4ccc(N(C)C)cc4)C3)ccc21. The average molecular weight is 469 g/mol. The van der Waals surface area contributed by atoms with Crippen LogP contribution >= 0.6 is 0 Å². The van der Waals surface area contributed by atoms with Crippen LogP contribution in [0.5, 0.6) is 0 Å².